The van der Waals surface area contributed by atoms with Crippen molar-refractivity contribution in [2.45, 2.75) is 6.92 Å². The summed E-state index contributed by atoms with van der Waals surface area (Å²) < 4.78 is 7.23. The Morgan fingerprint density at radius 2 is 2.07 bits per heavy atom. The Morgan fingerprint density at radius 1 is 1.21 bits per heavy atom. The summed E-state index contributed by atoms with van der Waals surface area (Å²) in [6.07, 6.45) is 2.84. The van der Waals surface area contributed by atoms with E-state index in [0.717, 1.165) is 10.1 Å². The SMILES string of the molecule is CCOC(=O)c1cc2cc(NC(=O)c3cnc4ccccn4c3=O)ccc2s1. The summed E-state index contributed by atoms with van der Waals surface area (Å²) in [6, 6.07) is 12.2. The van der Waals surface area contributed by atoms with Crippen LogP contribution in [0, 0.1) is 0 Å². The lowest BCUT2D eigenvalue weighted by molar-refractivity contribution is 0.0532. The van der Waals surface area contributed by atoms with Crippen LogP contribution >= 0.6 is 11.3 Å². The third-order valence-electron chi connectivity index (χ3n) is 4.11. The molecule has 0 saturated heterocycles. The number of rotatable bonds is 4. The number of aromatic nitrogens is 2. The summed E-state index contributed by atoms with van der Waals surface area (Å²) in [6.45, 7) is 2.06. The van der Waals surface area contributed by atoms with Crippen LogP contribution in [0.1, 0.15) is 27.0 Å². The van der Waals surface area contributed by atoms with Gasteiger partial charge in [0.05, 0.1) is 6.61 Å². The number of hydrogen-bond acceptors (Lipinski definition) is 6. The smallest absolute Gasteiger partial charge is 0.348 e. The molecule has 1 aromatic carbocycles. The first-order valence-electron chi connectivity index (χ1n) is 8.55. The van der Waals surface area contributed by atoms with E-state index in [2.05, 4.69) is 10.3 Å². The lowest BCUT2D eigenvalue weighted by Crippen LogP contribution is -2.26. The van der Waals surface area contributed by atoms with Crippen molar-refractivity contribution < 1.29 is 14.3 Å². The molecule has 3 aromatic heterocycles. The average molecular weight is 393 g/mol. The Bertz CT molecular complexity index is 1280. The van der Waals surface area contributed by atoms with Crippen LogP contribution in [-0.4, -0.2) is 27.9 Å². The summed E-state index contributed by atoms with van der Waals surface area (Å²) in [7, 11) is 0. The van der Waals surface area contributed by atoms with Gasteiger partial charge in [0.25, 0.3) is 11.5 Å². The second kappa shape index (κ2) is 7.24. The van der Waals surface area contributed by atoms with Crippen molar-refractivity contribution in [1.29, 1.82) is 0 Å². The monoisotopic (exact) mass is 393 g/mol. The van der Waals surface area contributed by atoms with Crippen LogP contribution in [0.5, 0.6) is 0 Å². The van der Waals surface area contributed by atoms with E-state index in [4.69, 9.17) is 4.74 Å². The molecular formula is C20H15N3O4S. The zero-order valence-corrected chi connectivity index (χ0v) is 15.7. The molecule has 8 heteroatoms. The van der Waals surface area contributed by atoms with Crippen molar-refractivity contribution in [3.05, 3.63) is 75.7 Å². The number of thiophene rings is 1. The van der Waals surface area contributed by atoms with Crippen molar-refractivity contribution in [2.75, 3.05) is 11.9 Å². The number of carbonyl (C=O) groups excluding carboxylic acids is 2. The largest absolute Gasteiger partial charge is 0.462 e. The van der Waals surface area contributed by atoms with Crippen LogP contribution in [0.25, 0.3) is 15.7 Å². The minimum Gasteiger partial charge on any atom is -0.462 e. The number of hydrogen-bond donors (Lipinski definition) is 1. The number of pyridine rings is 1. The van der Waals surface area contributed by atoms with Gasteiger partial charge in [0.1, 0.15) is 16.1 Å². The van der Waals surface area contributed by atoms with Gasteiger partial charge in [-0.25, -0.2) is 9.78 Å². The van der Waals surface area contributed by atoms with Crippen LogP contribution in [-0.2, 0) is 4.74 Å². The Labute approximate surface area is 163 Å². The van der Waals surface area contributed by atoms with Gasteiger partial charge in [-0.2, -0.15) is 0 Å². The van der Waals surface area contributed by atoms with Gasteiger partial charge >= 0.3 is 5.97 Å². The summed E-state index contributed by atoms with van der Waals surface area (Å²) >= 11 is 1.32. The molecule has 0 aliphatic rings. The highest BCUT2D eigenvalue weighted by molar-refractivity contribution is 7.20. The van der Waals surface area contributed by atoms with Gasteiger partial charge in [-0.15, -0.1) is 11.3 Å². The minimum atomic E-state index is -0.545. The van der Waals surface area contributed by atoms with E-state index in [1.54, 1.807) is 49.5 Å². The zero-order chi connectivity index (χ0) is 19.7. The minimum absolute atomic E-state index is 0.0543. The number of carbonyl (C=O) groups is 2. The van der Waals surface area contributed by atoms with Crippen molar-refractivity contribution in [1.82, 2.24) is 9.38 Å². The quantitative estimate of drug-likeness (QED) is 0.537. The number of amides is 1. The predicted molar refractivity (Wildman–Crippen MR) is 107 cm³/mol. The maximum Gasteiger partial charge on any atom is 0.348 e. The molecule has 140 valence electrons. The van der Waals surface area contributed by atoms with Gasteiger partial charge in [-0.3, -0.25) is 14.0 Å². The van der Waals surface area contributed by atoms with E-state index >= 15 is 0 Å². The normalized spacial score (nSPS) is 10.9. The summed E-state index contributed by atoms with van der Waals surface area (Å²) in [4.78, 5) is 41.6. The number of anilines is 1. The fraction of sp³-hybridized carbons (Fsp3) is 0.100. The van der Waals surface area contributed by atoms with Crippen molar-refractivity contribution in [2.24, 2.45) is 0 Å². The van der Waals surface area contributed by atoms with Gasteiger partial charge in [0.2, 0.25) is 0 Å². The first kappa shape index (κ1) is 17.9. The van der Waals surface area contributed by atoms with Gasteiger partial charge in [-0.05, 0) is 48.7 Å². The molecule has 3 heterocycles. The van der Waals surface area contributed by atoms with Gasteiger partial charge in [-0.1, -0.05) is 6.07 Å². The number of nitrogens with one attached hydrogen (secondary N) is 1. The Morgan fingerprint density at radius 3 is 2.89 bits per heavy atom. The highest BCUT2D eigenvalue weighted by Crippen LogP contribution is 2.28. The molecule has 4 rings (SSSR count). The molecule has 0 aliphatic carbocycles. The summed E-state index contributed by atoms with van der Waals surface area (Å²) in [5.41, 5.74) is 0.490. The van der Waals surface area contributed by atoms with E-state index < -0.39 is 11.5 Å². The molecule has 0 bridgehead atoms. The van der Waals surface area contributed by atoms with E-state index in [9.17, 15) is 14.4 Å². The maximum atomic E-state index is 12.6. The van der Waals surface area contributed by atoms with Crippen LogP contribution < -0.4 is 10.9 Å². The molecule has 0 unspecified atom stereocenters. The number of esters is 1. The van der Waals surface area contributed by atoms with Gasteiger partial charge in [0.15, 0.2) is 0 Å². The van der Waals surface area contributed by atoms with Crippen LogP contribution in [0.4, 0.5) is 5.69 Å². The highest BCUT2D eigenvalue weighted by atomic mass is 32.1. The zero-order valence-electron chi connectivity index (χ0n) is 14.8. The van der Waals surface area contributed by atoms with Gasteiger partial charge < -0.3 is 10.1 Å². The summed E-state index contributed by atoms with van der Waals surface area (Å²) in [5, 5.41) is 3.52. The summed E-state index contributed by atoms with van der Waals surface area (Å²) in [5.74, 6) is -0.916. The van der Waals surface area contributed by atoms with Gasteiger partial charge in [0, 0.05) is 22.8 Å². The predicted octanol–water partition coefficient (Wildman–Crippen LogP) is 3.34. The average Bonchev–Trinajstić information content (AvgIpc) is 3.12. The molecule has 0 atom stereocenters. The molecule has 0 radical (unpaired) electrons. The fourth-order valence-electron chi connectivity index (χ4n) is 2.80. The Balaban J connectivity index is 1.62. The molecule has 28 heavy (non-hydrogen) atoms. The number of ether oxygens (including phenoxy) is 1. The van der Waals surface area contributed by atoms with E-state index in [1.807, 2.05) is 6.07 Å². The van der Waals surface area contributed by atoms with Crippen LogP contribution in [0.15, 0.2) is 59.7 Å². The Kier molecular flexibility index (Phi) is 4.62. The number of nitrogens with zero attached hydrogens (tertiary/aromatic N) is 2. The standard InChI is InChI=1S/C20H15N3O4S/c1-2-27-20(26)16-10-12-9-13(6-7-15(12)28-16)22-18(24)14-11-21-17-5-3-4-8-23(17)19(14)25/h3-11H,2H2,1H3,(H,22,24). The van der Waals surface area contributed by atoms with Crippen molar-refractivity contribution >= 4 is 44.6 Å². The number of fused-ring (bicyclic) bond motifs is 2. The number of benzene rings is 1. The third kappa shape index (κ3) is 3.25. The Hall–Kier alpha value is -3.52. The first-order chi connectivity index (χ1) is 13.6. The molecule has 7 nitrogen and oxygen atoms in total. The van der Waals surface area contributed by atoms with Crippen LogP contribution in [0.2, 0.25) is 0 Å². The lowest BCUT2D eigenvalue weighted by atomic mass is 10.2. The van der Waals surface area contributed by atoms with E-state index in [1.165, 1.54) is 21.9 Å². The molecule has 1 N–H and O–H groups in total. The topological polar surface area (TPSA) is 89.8 Å². The second-order valence-corrected chi connectivity index (χ2v) is 7.03. The van der Waals surface area contributed by atoms with E-state index in [0.29, 0.717) is 22.8 Å². The second-order valence-electron chi connectivity index (χ2n) is 5.94. The highest BCUT2D eigenvalue weighted by Gasteiger charge is 2.15. The fourth-order valence-corrected chi connectivity index (χ4v) is 3.74. The first-order valence-corrected chi connectivity index (χ1v) is 9.37. The van der Waals surface area contributed by atoms with Crippen molar-refractivity contribution in [3.8, 4) is 0 Å². The molecule has 4 aromatic rings. The molecular weight excluding hydrogens is 378 g/mol. The van der Waals surface area contributed by atoms with Crippen LogP contribution in [0.3, 0.4) is 0 Å². The lowest BCUT2D eigenvalue weighted by Gasteiger charge is -2.06. The molecule has 0 aliphatic heterocycles. The molecule has 0 saturated carbocycles. The van der Waals surface area contributed by atoms with Crippen molar-refractivity contribution in [3.63, 3.8) is 0 Å². The maximum absolute atomic E-state index is 12.6. The molecule has 1 amide bonds. The van der Waals surface area contributed by atoms with E-state index in [-0.39, 0.29) is 11.5 Å². The molecule has 0 spiro atoms. The third-order valence-corrected chi connectivity index (χ3v) is 5.21. The molecule has 0 fully saturated rings.